The maximum atomic E-state index is 5.68. The van der Waals surface area contributed by atoms with E-state index >= 15 is 0 Å². The molecule has 0 saturated carbocycles. The molecule has 0 amide bonds. The molecule has 1 heterocycles. The second kappa shape index (κ2) is 9.73. The highest BCUT2D eigenvalue weighted by Gasteiger charge is 2.32. The summed E-state index contributed by atoms with van der Waals surface area (Å²) in [5.74, 6) is -0.424. The van der Waals surface area contributed by atoms with Gasteiger partial charge in [-0.1, -0.05) is 51.9 Å². The summed E-state index contributed by atoms with van der Waals surface area (Å²) in [4.78, 5) is 0. The van der Waals surface area contributed by atoms with Gasteiger partial charge in [-0.05, 0) is 20.3 Å². The van der Waals surface area contributed by atoms with Crippen LogP contribution in [0.5, 0.6) is 0 Å². The lowest BCUT2D eigenvalue weighted by molar-refractivity contribution is -0.145. The standard InChI is InChI=1S/C16H32O3/c1-4-5-6-7-8-9-10-11-12-17-13-15-14-18-16(2,3)19-15/h15H,4-14H2,1-3H3. The lowest BCUT2D eigenvalue weighted by Gasteiger charge is -2.17. The molecule has 1 aliphatic rings. The molecule has 1 unspecified atom stereocenters. The van der Waals surface area contributed by atoms with E-state index in [4.69, 9.17) is 14.2 Å². The lowest BCUT2D eigenvalue weighted by Crippen LogP contribution is -2.24. The Hall–Kier alpha value is -0.120. The third kappa shape index (κ3) is 8.61. The average Bonchev–Trinajstić information content (AvgIpc) is 2.71. The molecule has 1 fully saturated rings. The van der Waals surface area contributed by atoms with Crippen LogP contribution in [0.25, 0.3) is 0 Å². The Morgan fingerprint density at radius 3 is 2.21 bits per heavy atom. The fourth-order valence-corrected chi connectivity index (χ4v) is 2.40. The van der Waals surface area contributed by atoms with Crippen LogP contribution < -0.4 is 0 Å². The van der Waals surface area contributed by atoms with Crippen LogP contribution in [0.1, 0.15) is 72.1 Å². The molecule has 1 atom stereocenters. The third-order valence-corrected chi connectivity index (χ3v) is 3.51. The van der Waals surface area contributed by atoms with E-state index in [0.717, 1.165) is 6.61 Å². The zero-order chi connectivity index (χ0) is 14.0. The second-order valence-electron chi connectivity index (χ2n) is 6.00. The Morgan fingerprint density at radius 1 is 1.00 bits per heavy atom. The summed E-state index contributed by atoms with van der Waals surface area (Å²) >= 11 is 0. The van der Waals surface area contributed by atoms with Gasteiger partial charge in [0.2, 0.25) is 0 Å². The van der Waals surface area contributed by atoms with Crippen molar-refractivity contribution in [2.45, 2.75) is 84.0 Å². The quantitative estimate of drug-likeness (QED) is 0.525. The van der Waals surface area contributed by atoms with Gasteiger partial charge in [0.15, 0.2) is 5.79 Å². The molecule has 1 aliphatic heterocycles. The predicted molar refractivity (Wildman–Crippen MR) is 78.3 cm³/mol. The molecule has 0 spiro atoms. The van der Waals surface area contributed by atoms with Crippen molar-refractivity contribution in [1.29, 1.82) is 0 Å². The van der Waals surface area contributed by atoms with Crippen molar-refractivity contribution in [3.8, 4) is 0 Å². The van der Waals surface area contributed by atoms with E-state index in [1.807, 2.05) is 13.8 Å². The minimum Gasteiger partial charge on any atom is -0.379 e. The van der Waals surface area contributed by atoms with Gasteiger partial charge in [-0.15, -0.1) is 0 Å². The number of ether oxygens (including phenoxy) is 3. The summed E-state index contributed by atoms with van der Waals surface area (Å²) in [6.45, 7) is 8.34. The van der Waals surface area contributed by atoms with Gasteiger partial charge in [0.25, 0.3) is 0 Å². The zero-order valence-corrected chi connectivity index (χ0v) is 13.1. The Kier molecular flexibility index (Phi) is 8.67. The summed E-state index contributed by atoms with van der Waals surface area (Å²) in [7, 11) is 0. The highest BCUT2D eigenvalue weighted by molar-refractivity contribution is 4.70. The van der Waals surface area contributed by atoms with E-state index in [0.29, 0.717) is 13.2 Å². The third-order valence-electron chi connectivity index (χ3n) is 3.51. The Labute approximate surface area is 119 Å². The fourth-order valence-electron chi connectivity index (χ4n) is 2.40. The average molecular weight is 272 g/mol. The first-order valence-electron chi connectivity index (χ1n) is 8.03. The van der Waals surface area contributed by atoms with Gasteiger partial charge >= 0.3 is 0 Å². The molecule has 3 nitrogen and oxygen atoms in total. The van der Waals surface area contributed by atoms with Crippen LogP contribution in [0.4, 0.5) is 0 Å². The Bertz CT molecular complexity index is 216. The largest absolute Gasteiger partial charge is 0.379 e. The van der Waals surface area contributed by atoms with Gasteiger partial charge < -0.3 is 14.2 Å². The maximum Gasteiger partial charge on any atom is 0.163 e. The molecule has 0 radical (unpaired) electrons. The minimum absolute atomic E-state index is 0.115. The summed E-state index contributed by atoms with van der Waals surface area (Å²) in [5.41, 5.74) is 0. The van der Waals surface area contributed by atoms with Crippen molar-refractivity contribution in [3.05, 3.63) is 0 Å². The van der Waals surface area contributed by atoms with Gasteiger partial charge in [0.1, 0.15) is 6.10 Å². The van der Waals surface area contributed by atoms with Gasteiger partial charge in [-0.25, -0.2) is 0 Å². The molecule has 0 aromatic rings. The topological polar surface area (TPSA) is 27.7 Å². The summed E-state index contributed by atoms with van der Waals surface area (Å²) in [5, 5.41) is 0. The molecule has 0 aromatic heterocycles. The Balaban J connectivity index is 1.79. The monoisotopic (exact) mass is 272 g/mol. The molecule has 19 heavy (non-hydrogen) atoms. The number of unbranched alkanes of at least 4 members (excludes halogenated alkanes) is 7. The molecule has 3 heteroatoms. The Morgan fingerprint density at radius 2 is 1.63 bits per heavy atom. The van der Waals surface area contributed by atoms with Gasteiger partial charge in [0.05, 0.1) is 13.2 Å². The summed E-state index contributed by atoms with van der Waals surface area (Å²) < 4.78 is 16.8. The molecular formula is C16H32O3. The summed E-state index contributed by atoms with van der Waals surface area (Å²) in [6.07, 6.45) is 10.8. The molecule has 1 rings (SSSR count). The van der Waals surface area contributed by atoms with Crippen molar-refractivity contribution < 1.29 is 14.2 Å². The minimum atomic E-state index is -0.424. The van der Waals surface area contributed by atoms with Crippen molar-refractivity contribution >= 4 is 0 Å². The lowest BCUT2D eigenvalue weighted by atomic mass is 10.1. The number of rotatable bonds is 11. The molecular weight excluding hydrogens is 240 g/mol. The first kappa shape index (κ1) is 16.9. The maximum absolute atomic E-state index is 5.68. The molecule has 0 bridgehead atoms. The van der Waals surface area contributed by atoms with Crippen LogP contribution in [0.15, 0.2) is 0 Å². The SMILES string of the molecule is CCCCCCCCCCOCC1COC(C)(C)O1. The van der Waals surface area contributed by atoms with Crippen LogP contribution in [-0.2, 0) is 14.2 Å². The summed E-state index contributed by atoms with van der Waals surface area (Å²) in [6, 6.07) is 0. The number of hydrogen-bond donors (Lipinski definition) is 0. The predicted octanol–water partition coefficient (Wildman–Crippen LogP) is 4.30. The normalized spacial score (nSPS) is 21.9. The van der Waals surface area contributed by atoms with Crippen molar-refractivity contribution in [2.75, 3.05) is 19.8 Å². The highest BCUT2D eigenvalue weighted by atomic mass is 16.7. The smallest absolute Gasteiger partial charge is 0.163 e. The van der Waals surface area contributed by atoms with Crippen LogP contribution in [-0.4, -0.2) is 31.7 Å². The molecule has 1 saturated heterocycles. The van der Waals surface area contributed by atoms with Crippen LogP contribution in [0.2, 0.25) is 0 Å². The van der Waals surface area contributed by atoms with Crippen LogP contribution in [0.3, 0.4) is 0 Å². The van der Waals surface area contributed by atoms with Crippen LogP contribution >= 0.6 is 0 Å². The van der Waals surface area contributed by atoms with E-state index in [-0.39, 0.29) is 6.10 Å². The fraction of sp³-hybridized carbons (Fsp3) is 1.00. The first-order valence-corrected chi connectivity index (χ1v) is 8.03. The van der Waals surface area contributed by atoms with Gasteiger partial charge in [-0.3, -0.25) is 0 Å². The highest BCUT2D eigenvalue weighted by Crippen LogP contribution is 2.22. The molecule has 0 N–H and O–H groups in total. The van der Waals surface area contributed by atoms with Crippen molar-refractivity contribution in [2.24, 2.45) is 0 Å². The van der Waals surface area contributed by atoms with E-state index in [1.165, 1.54) is 51.4 Å². The molecule has 114 valence electrons. The van der Waals surface area contributed by atoms with E-state index in [9.17, 15) is 0 Å². The van der Waals surface area contributed by atoms with Gasteiger partial charge in [0, 0.05) is 6.61 Å². The molecule has 0 aromatic carbocycles. The van der Waals surface area contributed by atoms with Crippen molar-refractivity contribution in [3.63, 3.8) is 0 Å². The van der Waals surface area contributed by atoms with E-state index in [1.54, 1.807) is 0 Å². The van der Waals surface area contributed by atoms with Gasteiger partial charge in [-0.2, -0.15) is 0 Å². The molecule has 0 aliphatic carbocycles. The second-order valence-corrected chi connectivity index (χ2v) is 6.00. The van der Waals surface area contributed by atoms with E-state index in [2.05, 4.69) is 6.92 Å². The van der Waals surface area contributed by atoms with Crippen molar-refractivity contribution in [1.82, 2.24) is 0 Å². The number of hydrogen-bond acceptors (Lipinski definition) is 3. The zero-order valence-electron chi connectivity index (χ0n) is 13.1. The van der Waals surface area contributed by atoms with E-state index < -0.39 is 5.79 Å². The van der Waals surface area contributed by atoms with Crippen LogP contribution in [0, 0.1) is 0 Å². The first-order chi connectivity index (χ1) is 9.14.